The highest BCUT2D eigenvalue weighted by Crippen LogP contribution is 2.23. The standard InChI is InChI=1S/C17H13Cl2N3O2/c1-10-5-3-4-6-13(10)16(23)21-11(2)20-22(17(21)24)15-8-7-12(18)9-14(15)19/h3-9H,1-2H3. The Morgan fingerprint density at radius 1 is 1.08 bits per heavy atom. The van der Waals surface area contributed by atoms with Crippen LogP contribution in [0.2, 0.25) is 10.0 Å². The minimum atomic E-state index is -0.579. The lowest BCUT2D eigenvalue weighted by atomic mass is 10.1. The van der Waals surface area contributed by atoms with E-state index in [1.807, 2.05) is 19.1 Å². The monoisotopic (exact) mass is 361 g/mol. The predicted molar refractivity (Wildman–Crippen MR) is 93.5 cm³/mol. The van der Waals surface area contributed by atoms with Crippen LogP contribution in [0.5, 0.6) is 0 Å². The van der Waals surface area contributed by atoms with Crippen molar-refractivity contribution in [1.82, 2.24) is 14.3 Å². The molecule has 122 valence electrons. The van der Waals surface area contributed by atoms with Crippen LogP contribution in [0.25, 0.3) is 5.69 Å². The number of carbonyl (C=O) groups excluding carboxylic acids is 1. The molecule has 0 N–H and O–H groups in total. The fraction of sp³-hybridized carbons (Fsp3) is 0.118. The summed E-state index contributed by atoms with van der Waals surface area (Å²) in [6.07, 6.45) is 0. The first kappa shape index (κ1) is 16.5. The summed E-state index contributed by atoms with van der Waals surface area (Å²) < 4.78 is 2.14. The third-order valence-corrected chi connectivity index (χ3v) is 4.20. The van der Waals surface area contributed by atoms with E-state index in [0.717, 1.165) is 14.8 Å². The van der Waals surface area contributed by atoms with Crippen LogP contribution in [0.3, 0.4) is 0 Å². The SMILES string of the molecule is Cc1ccccc1C(=O)n1c(C)nn(-c2ccc(Cl)cc2Cl)c1=O. The van der Waals surface area contributed by atoms with Gasteiger partial charge >= 0.3 is 5.69 Å². The van der Waals surface area contributed by atoms with Crippen LogP contribution < -0.4 is 5.69 Å². The zero-order valence-electron chi connectivity index (χ0n) is 13.0. The van der Waals surface area contributed by atoms with Gasteiger partial charge in [0.25, 0.3) is 5.91 Å². The number of nitrogens with zero attached hydrogens (tertiary/aromatic N) is 3. The molecule has 0 aliphatic heterocycles. The molecule has 0 unspecified atom stereocenters. The van der Waals surface area contributed by atoms with Crippen LogP contribution in [0.15, 0.2) is 47.3 Å². The summed E-state index contributed by atoms with van der Waals surface area (Å²) in [7, 11) is 0. The van der Waals surface area contributed by atoms with Gasteiger partial charge in [-0.3, -0.25) is 4.79 Å². The van der Waals surface area contributed by atoms with Crippen molar-refractivity contribution in [2.45, 2.75) is 13.8 Å². The number of aromatic nitrogens is 3. The number of aryl methyl sites for hydroxylation is 2. The van der Waals surface area contributed by atoms with E-state index >= 15 is 0 Å². The zero-order chi connectivity index (χ0) is 17.4. The number of hydrogen-bond donors (Lipinski definition) is 0. The van der Waals surface area contributed by atoms with E-state index in [-0.39, 0.29) is 10.8 Å². The third-order valence-electron chi connectivity index (χ3n) is 3.66. The summed E-state index contributed by atoms with van der Waals surface area (Å²) in [5.74, 6) is -0.147. The van der Waals surface area contributed by atoms with E-state index in [2.05, 4.69) is 5.10 Å². The molecule has 0 spiro atoms. The van der Waals surface area contributed by atoms with E-state index in [1.54, 1.807) is 31.2 Å². The minimum absolute atomic E-state index is 0.276. The predicted octanol–water partition coefficient (Wildman–Crippen LogP) is 3.65. The lowest BCUT2D eigenvalue weighted by Gasteiger charge is -2.05. The van der Waals surface area contributed by atoms with Crippen molar-refractivity contribution in [2.75, 3.05) is 0 Å². The summed E-state index contributed by atoms with van der Waals surface area (Å²) >= 11 is 12.0. The fourth-order valence-corrected chi connectivity index (χ4v) is 2.93. The molecule has 24 heavy (non-hydrogen) atoms. The van der Waals surface area contributed by atoms with E-state index in [9.17, 15) is 9.59 Å². The summed E-state index contributed by atoms with van der Waals surface area (Å²) in [5.41, 5.74) is 1.02. The second kappa shape index (κ2) is 6.26. The van der Waals surface area contributed by atoms with Crippen molar-refractivity contribution in [3.63, 3.8) is 0 Å². The first-order valence-electron chi connectivity index (χ1n) is 7.14. The van der Waals surface area contributed by atoms with Gasteiger partial charge in [0.15, 0.2) is 0 Å². The largest absolute Gasteiger partial charge is 0.357 e. The molecule has 7 heteroatoms. The fourth-order valence-electron chi connectivity index (χ4n) is 2.44. The van der Waals surface area contributed by atoms with Gasteiger partial charge in [0, 0.05) is 10.6 Å². The van der Waals surface area contributed by atoms with E-state index in [1.165, 1.54) is 6.07 Å². The highest BCUT2D eigenvalue weighted by atomic mass is 35.5. The molecule has 0 saturated heterocycles. The number of carbonyl (C=O) groups is 1. The van der Waals surface area contributed by atoms with Gasteiger partial charge in [0.1, 0.15) is 5.82 Å². The second-order valence-electron chi connectivity index (χ2n) is 5.29. The first-order chi connectivity index (χ1) is 11.4. The molecule has 0 amide bonds. The minimum Gasteiger partial charge on any atom is -0.268 e. The smallest absolute Gasteiger partial charge is 0.268 e. The molecule has 0 aliphatic carbocycles. The molecule has 0 radical (unpaired) electrons. The average Bonchev–Trinajstić information content (AvgIpc) is 2.82. The Labute approximate surface area is 148 Å². The summed E-state index contributed by atoms with van der Waals surface area (Å²) in [6, 6.07) is 11.8. The highest BCUT2D eigenvalue weighted by molar-refractivity contribution is 6.35. The molecule has 0 atom stereocenters. The molecule has 1 aromatic heterocycles. The van der Waals surface area contributed by atoms with Crippen LogP contribution in [-0.2, 0) is 0 Å². The molecule has 3 rings (SSSR count). The summed E-state index contributed by atoms with van der Waals surface area (Å²) in [5, 5.41) is 4.89. The van der Waals surface area contributed by atoms with Crippen molar-refractivity contribution in [1.29, 1.82) is 0 Å². The number of halogens is 2. The number of hydrogen-bond acceptors (Lipinski definition) is 3. The molecular formula is C17H13Cl2N3O2. The quantitative estimate of drug-likeness (QED) is 0.699. The van der Waals surface area contributed by atoms with E-state index < -0.39 is 11.6 Å². The van der Waals surface area contributed by atoms with Gasteiger partial charge in [-0.1, -0.05) is 41.4 Å². The van der Waals surface area contributed by atoms with Gasteiger partial charge in [-0.25, -0.2) is 9.36 Å². The van der Waals surface area contributed by atoms with Crippen LogP contribution in [0.4, 0.5) is 0 Å². The average molecular weight is 362 g/mol. The van der Waals surface area contributed by atoms with Crippen molar-refractivity contribution < 1.29 is 4.79 Å². The van der Waals surface area contributed by atoms with E-state index in [0.29, 0.717) is 16.3 Å². The van der Waals surface area contributed by atoms with Crippen LogP contribution in [0, 0.1) is 13.8 Å². The normalized spacial score (nSPS) is 10.8. The molecule has 5 nitrogen and oxygen atoms in total. The van der Waals surface area contributed by atoms with Gasteiger partial charge in [-0.2, -0.15) is 4.68 Å². The number of benzene rings is 2. The summed E-state index contributed by atoms with van der Waals surface area (Å²) in [6.45, 7) is 3.41. The van der Waals surface area contributed by atoms with Crippen LogP contribution in [-0.4, -0.2) is 20.3 Å². The number of rotatable bonds is 2. The zero-order valence-corrected chi connectivity index (χ0v) is 14.5. The lowest BCUT2D eigenvalue weighted by molar-refractivity contribution is 0.0953. The van der Waals surface area contributed by atoms with Crippen LogP contribution in [0.1, 0.15) is 21.7 Å². The van der Waals surface area contributed by atoms with Crippen molar-refractivity contribution in [3.05, 3.63) is 79.9 Å². The van der Waals surface area contributed by atoms with Gasteiger partial charge in [0.2, 0.25) is 0 Å². The van der Waals surface area contributed by atoms with Gasteiger partial charge in [-0.05, 0) is 43.7 Å². The molecule has 0 aliphatic rings. The highest BCUT2D eigenvalue weighted by Gasteiger charge is 2.21. The molecule has 1 heterocycles. The molecule has 2 aromatic carbocycles. The maximum absolute atomic E-state index is 12.7. The molecular weight excluding hydrogens is 349 g/mol. The molecule has 0 bridgehead atoms. The maximum Gasteiger partial charge on any atom is 0.357 e. The Morgan fingerprint density at radius 3 is 2.46 bits per heavy atom. The lowest BCUT2D eigenvalue weighted by Crippen LogP contribution is -2.30. The Balaban J connectivity index is 2.16. The van der Waals surface area contributed by atoms with Crippen LogP contribution >= 0.6 is 23.2 Å². The Kier molecular flexibility index (Phi) is 4.30. The van der Waals surface area contributed by atoms with Crippen molar-refractivity contribution in [3.8, 4) is 5.69 Å². The Bertz CT molecular complexity index is 1010. The Morgan fingerprint density at radius 2 is 1.79 bits per heavy atom. The maximum atomic E-state index is 12.7. The molecule has 3 aromatic rings. The van der Waals surface area contributed by atoms with E-state index in [4.69, 9.17) is 23.2 Å². The Hall–Kier alpha value is -2.37. The third kappa shape index (κ3) is 2.77. The van der Waals surface area contributed by atoms with Gasteiger partial charge < -0.3 is 0 Å². The topological polar surface area (TPSA) is 56.9 Å². The van der Waals surface area contributed by atoms with Gasteiger partial charge in [-0.15, -0.1) is 5.10 Å². The summed E-state index contributed by atoms with van der Waals surface area (Å²) in [4.78, 5) is 25.5. The van der Waals surface area contributed by atoms with Crippen molar-refractivity contribution in [2.24, 2.45) is 0 Å². The molecule has 0 saturated carbocycles. The second-order valence-corrected chi connectivity index (χ2v) is 6.14. The first-order valence-corrected chi connectivity index (χ1v) is 7.90. The van der Waals surface area contributed by atoms with Crippen molar-refractivity contribution >= 4 is 29.1 Å². The van der Waals surface area contributed by atoms with Gasteiger partial charge in [0.05, 0.1) is 10.7 Å². The molecule has 0 fully saturated rings.